The number of aryl methyl sites for hydroxylation is 2. The van der Waals surface area contributed by atoms with Crippen LogP contribution in [-0.2, 0) is 19.6 Å². The van der Waals surface area contributed by atoms with Gasteiger partial charge in [0.1, 0.15) is 6.61 Å². The average molecular weight is 287 g/mol. The van der Waals surface area contributed by atoms with Crippen LogP contribution in [-0.4, -0.2) is 39.3 Å². The number of carbonyl (C=O) groups is 1. The molecule has 0 aliphatic heterocycles. The Morgan fingerprint density at radius 1 is 1.32 bits per heavy atom. The molecule has 0 spiro atoms. The van der Waals surface area contributed by atoms with Crippen molar-refractivity contribution in [3.05, 3.63) is 29.3 Å². The van der Waals surface area contributed by atoms with Gasteiger partial charge in [0.05, 0.1) is 11.5 Å². The molecular formula is C12H17NO5S. The van der Waals surface area contributed by atoms with Gasteiger partial charge >= 0.3 is 5.97 Å². The van der Waals surface area contributed by atoms with Crippen LogP contribution in [0.25, 0.3) is 0 Å². The van der Waals surface area contributed by atoms with Crippen molar-refractivity contribution in [2.45, 2.75) is 18.7 Å². The third-order valence-corrected chi connectivity index (χ3v) is 4.01. The Morgan fingerprint density at radius 2 is 2.00 bits per heavy atom. The van der Waals surface area contributed by atoms with Crippen LogP contribution in [0.15, 0.2) is 23.1 Å². The first-order valence-electron chi connectivity index (χ1n) is 5.69. The zero-order valence-electron chi connectivity index (χ0n) is 10.8. The Kier molecular flexibility index (Phi) is 5.46. The Balaban J connectivity index is 2.56. The maximum Gasteiger partial charge on any atom is 0.329 e. The summed E-state index contributed by atoms with van der Waals surface area (Å²) < 4.78 is 30.9. The Labute approximate surface area is 112 Å². The summed E-state index contributed by atoms with van der Waals surface area (Å²) in [4.78, 5) is 10.4. The topological polar surface area (TPSA) is 92.7 Å². The number of carboxylic acids is 1. The molecule has 7 heteroatoms. The highest BCUT2D eigenvalue weighted by Gasteiger charge is 2.13. The molecule has 106 valence electrons. The molecule has 0 unspecified atom stereocenters. The summed E-state index contributed by atoms with van der Waals surface area (Å²) in [6.45, 7) is 3.34. The molecule has 6 nitrogen and oxygen atoms in total. The van der Waals surface area contributed by atoms with Gasteiger partial charge in [0.15, 0.2) is 0 Å². The summed E-state index contributed by atoms with van der Waals surface area (Å²) in [7, 11) is -3.58. The highest BCUT2D eigenvalue weighted by molar-refractivity contribution is 7.89. The van der Waals surface area contributed by atoms with E-state index in [4.69, 9.17) is 9.84 Å². The first kappa shape index (κ1) is 15.6. The maximum absolute atomic E-state index is 11.9. The monoisotopic (exact) mass is 287 g/mol. The summed E-state index contributed by atoms with van der Waals surface area (Å²) in [6.07, 6.45) is 0. The molecule has 0 atom stereocenters. The smallest absolute Gasteiger partial charge is 0.329 e. The molecule has 0 saturated heterocycles. The normalized spacial score (nSPS) is 11.5. The highest BCUT2D eigenvalue weighted by Crippen LogP contribution is 2.14. The van der Waals surface area contributed by atoms with Crippen LogP contribution in [0.3, 0.4) is 0 Å². The number of nitrogens with one attached hydrogen (secondary N) is 1. The molecule has 19 heavy (non-hydrogen) atoms. The summed E-state index contributed by atoms with van der Waals surface area (Å²) in [6, 6.07) is 4.86. The third-order valence-electron chi connectivity index (χ3n) is 2.55. The minimum absolute atomic E-state index is 0.0103. The van der Waals surface area contributed by atoms with E-state index >= 15 is 0 Å². The molecule has 0 fully saturated rings. The number of carboxylic acid groups (broad SMARTS) is 1. The van der Waals surface area contributed by atoms with Gasteiger partial charge in [-0.05, 0) is 37.1 Å². The lowest BCUT2D eigenvalue weighted by Crippen LogP contribution is -2.28. The van der Waals surface area contributed by atoms with Crippen molar-refractivity contribution in [3.8, 4) is 0 Å². The summed E-state index contributed by atoms with van der Waals surface area (Å²) >= 11 is 0. The molecule has 0 aromatic heterocycles. The fraction of sp³-hybridized carbons (Fsp3) is 0.417. The van der Waals surface area contributed by atoms with Crippen LogP contribution >= 0.6 is 0 Å². The highest BCUT2D eigenvalue weighted by atomic mass is 32.2. The van der Waals surface area contributed by atoms with Crippen molar-refractivity contribution in [3.63, 3.8) is 0 Å². The van der Waals surface area contributed by atoms with E-state index in [1.807, 2.05) is 13.8 Å². The van der Waals surface area contributed by atoms with Gasteiger partial charge in [-0.25, -0.2) is 17.9 Å². The summed E-state index contributed by atoms with van der Waals surface area (Å²) in [5.41, 5.74) is 1.91. The van der Waals surface area contributed by atoms with E-state index in [0.717, 1.165) is 11.1 Å². The number of sulfonamides is 1. The number of benzene rings is 1. The second-order valence-electron chi connectivity index (χ2n) is 4.09. The second-order valence-corrected chi connectivity index (χ2v) is 5.86. The van der Waals surface area contributed by atoms with Gasteiger partial charge in [0.2, 0.25) is 10.0 Å². The Morgan fingerprint density at radius 3 is 2.58 bits per heavy atom. The fourth-order valence-electron chi connectivity index (χ4n) is 1.37. The standard InChI is InChI=1S/C12H17NO5S/c1-9-3-4-11(7-10(9)2)19(16,17)13-5-6-18-8-12(14)15/h3-4,7,13H,5-6,8H2,1-2H3,(H,14,15). The van der Waals surface area contributed by atoms with Gasteiger partial charge in [-0.3, -0.25) is 0 Å². The van der Waals surface area contributed by atoms with Crippen molar-refractivity contribution in [1.29, 1.82) is 0 Å². The predicted molar refractivity (Wildman–Crippen MR) is 69.6 cm³/mol. The van der Waals surface area contributed by atoms with Crippen molar-refractivity contribution in [2.24, 2.45) is 0 Å². The first-order chi connectivity index (χ1) is 8.83. The van der Waals surface area contributed by atoms with E-state index < -0.39 is 22.6 Å². The zero-order chi connectivity index (χ0) is 14.5. The Bertz CT molecular complexity index is 553. The fourth-order valence-corrected chi connectivity index (χ4v) is 2.47. The molecule has 1 rings (SSSR count). The van der Waals surface area contributed by atoms with E-state index in [1.165, 1.54) is 6.07 Å². The predicted octanol–water partition coefficient (Wildman–Crippen LogP) is 0.683. The molecule has 1 aromatic rings. The molecule has 0 aliphatic carbocycles. The lowest BCUT2D eigenvalue weighted by molar-refractivity contribution is -0.142. The molecule has 2 N–H and O–H groups in total. The lowest BCUT2D eigenvalue weighted by atomic mass is 10.1. The summed E-state index contributed by atoms with van der Waals surface area (Å²) in [5.74, 6) is -1.09. The van der Waals surface area contributed by atoms with E-state index in [-0.39, 0.29) is 18.0 Å². The maximum atomic E-state index is 11.9. The summed E-state index contributed by atoms with van der Waals surface area (Å²) in [5, 5.41) is 8.34. The van der Waals surface area contributed by atoms with E-state index in [9.17, 15) is 13.2 Å². The van der Waals surface area contributed by atoms with Crippen LogP contribution in [0.2, 0.25) is 0 Å². The molecule has 1 aromatic carbocycles. The number of ether oxygens (including phenoxy) is 1. The zero-order valence-corrected chi connectivity index (χ0v) is 11.7. The minimum atomic E-state index is -3.58. The van der Waals surface area contributed by atoms with Gasteiger partial charge in [-0.2, -0.15) is 0 Å². The number of aliphatic carboxylic acids is 1. The molecule has 0 heterocycles. The molecular weight excluding hydrogens is 270 g/mol. The molecule has 0 radical (unpaired) electrons. The largest absolute Gasteiger partial charge is 0.480 e. The van der Waals surface area contributed by atoms with E-state index in [0.29, 0.717) is 0 Å². The first-order valence-corrected chi connectivity index (χ1v) is 7.17. The van der Waals surface area contributed by atoms with Crippen LogP contribution in [0, 0.1) is 13.8 Å². The molecule has 0 bridgehead atoms. The lowest BCUT2D eigenvalue weighted by Gasteiger charge is -2.08. The van der Waals surface area contributed by atoms with Crippen LogP contribution in [0.1, 0.15) is 11.1 Å². The molecule has 0 amide bonds. The quantitative estimate of drug-likeness (QED) is 0.719. The Hall–Kier alpha value is -1.44. The van der Waals surface area contributed by atoms with Crippen molar-refractivity contribution < 1.29 is 23.1 Å². The third kappa shape index (κ3) is 4.98. The van der Waals surface area contributed by atoms with Crippen molar-refractivity contribution >= 4 is 16.0 Å². The van der Waals surface area contributed by atoms with Crippen molar-refractivity contribution in [1.82, 2.24) is 4.72 Å². The average Bonchev–Trinajstić information content (AvgIpc) is 2.31. The number of hydrogen-bond acceptors (Lipinski definition) is 4. The van der Waals surface area contributed by atoms with E-state index in [2.05, 4.69) is 4.72 Å². The number of hydrogen-bond donors (Lipinski definition) is 2. The minimum Gasteiger partial charge on any atom is -0.480 e. The van der Waals surface area contributed by atoms with Gasteiger partial charge in [0, 0.05) is 6.54 Å². The number of rotatable bonds is 7. The van der Waals surface area contributed by atoms with Crippen molar-refractivity contribution in [2.75, 3.05) is 19.8 Å². The van der Waals surface area contributed by atoms with Crippen LogP contribution in [0.5, 0.6) is 0 Å². The van der Waals surface area contributed by atoms with Gasteiger partial charge < -0.3 is 9.84 Å². The van der Waals surface area contributed by atoms with Gasteiger partial charge in [-0.1, -0.05) is 6.07 Å². The SMILES string of the molecule is Cc1ccc(S(=O)(=O)NCCOCC(=O)O)cc1C. The van der Waals surface area contributed by atoms with Gasteiger partial charge in [0.25, 0.3) is 0 Å². The van der Waals surface area contributed by atoms with E-state index in [1.54, 1.807) is 12.1 Å². The molecule has 0 aliphatic rings. The van der Waals surface area contributed by atoms with Crippen LogP contribution in [0.4, 0.5) is 0 Å². The van der Waals surface area contributed by atoms with Crippen LogP contribution < -0.4 is 4.72 Å². The van der Waals surface area contributed by atoms with Gasteiger partial charge in [-0.15, -0.1) is 0 Å². The molecule has 0 saturated carbocycles. The second kappa shape index (κ2) is 6.65.